The summed E-state index contributed by atoms with van der Waals surface area (Å²) >= 11 is 0. The van der Waals surface area contributed by atoms with E-state index >= 15 is 0 Å². The highest BCUT2D eigenvalue weighted by atomic mass is 16.4. The Balaban J connectivity index is 1.39. The maximum Gasteiger partial charge on any atom is 0.247 e. The molecule has 0 spiro atoms. The van der Waals surface area contributed by atoms with Crippen molar-refractivity contribution < 1.29 is 4.42 Å². The van der Waals surface area contributed by atoms with E-state index in [1.807, 2.05) is 6.92 Å². The van der Waals surface area contributed by atoms with E-state index in [1.54, 1.807) is 0 Å². The number of nitrogens with two attached hydrogens (primary N) is 1. The quantitative estimate of drug-likeness (QED) is 0.878. The zero-order valence-corrected chi connectivity index (χ0v) is 15.5. The minimum atomic E-state index is 0.316. The molecular formula is C20H29N5O. The van der Waals surface area contributed by atoms with Gasteiger partial charge in [0.2, 0.25) is 11.8 Å². The lowest BCUT2D eigenvalue weighted by atomic mass is 9.89. The Morgan fingerprint density at radius 3 is 2.62 bits per heavy atom. The van der Waals surface area contributed by atoms with Gasteiger partial charge in [-0.25, -0.2) is 0 Å². The minimum absolute atomic E-state index is 0.316. The second-order valence-electron chi connectivity index (χ2n) is 7.68. The molecule has 1 aliphatic carbocycles. The predicted molar refractivity (Wildman–Crippen MR) is 103 cm³/mol. The molecule has 4 rings (SSSR count). The minimum Gasteiger partial charge on any atom is -0.421 e. The van der Waals surface area contributed by atoms with E-state index in [-0.39, 0.29) is 0 Å². The first-order chi connectivity index (χ1) is 12.7. The summed E-state index contributed by atoms with van der Waals surface area (Å²) < 4.78 is 5.51. The van der Waals surface area contributed by atoms with Crippen molar-refractivity contribution in [2.75, 3.05) is 18.0 Å². The summed E-state index contributed by atoms with van der Waals surface area (Å²) in [5.41, 5.74) is 8.54. The summed E-state index contributed by atoms with van der Waals surface area (Å²) in [5.74, 6) is 1.17. The van der Waals surface area contributed by atoms with Gasteiger partial charge in [-0.1, -0.05) is 12.8 Å². The third kappa shape index (κ3) is 3.91. The molecule has 26 heavy (non-hydrogen) atoms. The van der Waals surface area contributed by atoms with Crippen LogP contribution in [0.4, 0.5) is 5.69 Å². The number of hydrogen-bond donors (Lipinski definition) is 2. The summed E-state index contributed by atoms with van der Waals surface area (Å²) in [6, 6.07) is 9.77. The van der Waals surface area contributed by atoms with Crippen molar-refractivity contribution in [3.8, 4) is 11.5 Å². The van der Waals surface area contributed by atoms with Crippen molar-refractivity contribution in [2.45, 2.75) is 63.6 Å². The van der Waals surface area contributed by atoms with Gasteiger partial charge in [-0.2, -0.15) is 0 Å². The number of nitrogens with zero attached hydrogens (tertiary/aromatic N) is 3. The molecule has 6 heteroatoms. The Kier molecular flexibility index (Phi) is 5.22. The van der Waals surface area contributed by atoms with E-state index in [0.29, 0.717) is 29.9 Å². The SMILES string of the molecule is Cc1nnc(-c2ccc(N3CCCC(N[C@@H]4CCCC[C@H]4N)C3)cc2)o1. The van der Waals surface area contributed by atoms with Crippen LogP contribution < -0.4 is 16.0 Å². The van der Waals surface area contributed by atoms with Gasteiger partial charge in [0.05, 0.1) is 0 Å². The first kappa shape index (κ1) is 17.5. The summed E-state index contributed by atoms with van der Waals surface area (Å²) in [6.07, 6.45) is 7.41. The van der Waals surface area contributed by atoms with Crippen LogP contribution in [0.2, 0.25) is 0 Å². The Hall–Kier alpha value is -1.92. The van der Waals surface area contributed by atoms with Crippen LogP contribution in [0.5, 0.6) is 0 Å². The molecule has 1 saturated carbocycles. The van der Waals surface area contributed by atoms with Crippen molar-refractivity contribution in [1.82, 2.24) is 15.5 Å². The number of hydrogen-bond acceptors (Lipinski definition) is 6. The Morgan fingerprint density at radius 2 is 1.88 bits per heavy atom. The number of aryl methyl sites for hydroxylation is 1. The van der Waals surface area contributed by atoms with Crippen molar-refractivity contribution >= 4 is 5.69 Å². The first-order valence-electron chi connectivity index (χ1n) is 9.86. The highest BCUT2D eigenvalue weighted by Crippen LogP contribution is 2.25. The molecule has 3 atom stereocenters. The highest BCUT2D eigenvalue weighted by molar-refractivity contribution is 5.59. The zero-order valence-electron chi connectivity index (χ0n) is 15.5. The summed E-state index contributed by atoms with van der Waals surface area (Å²) in [5, 5.41) is 11.8. The fourth-order valence-electron chi connectivity index (χ4n) is 4.24. The number of benzene rings is 1. The van der Waals surface area contributed by atoms with E-state index < -0.39 is 0 Å². The van der Waals surface area contributed by atoms with Gasteiger partial charge in [0, 0.05) is 49.4 Å². The van der Waals surface area contributed by atoms with Gasteiger partial charge in [0.15, 0.2) is 0 Å². The van der Waals surface area contributed by atoms with Crippen LogP contribution in [-0.4, -0.2) is 41.4 Å². The summed E-state index contributed by atoms with van der Waals surface area (Å²) in [7, 11) is 0. The van der Waals surface area contributed by atoms with Crippen LogP contribution in [0.15, 0.2) is 28.7 Å². The first-order valence-corrected chi connectivity index (χ1v) is 9.86. The molecule has 0 amide bonds. The maximum absolute atomic E-state index is 6.32. The Bertz CT molecular complexity index is 713. The normalized spacial score (nSPS) is 26.8. The van der Waals surface area contributed by atoms with E-state index in [2.05, 4.69) is 44.7 Å². The summed E-state index contributed by atoms with van der Waals surface area (Å²) in [4.78, 5) is 2.47. The molecular weight excluding hydrogens is 326 g/mol. The molecule has 1 saturated heterocycles. The van der Waals surface area contributed by atoms with Crippen LogP contribution in [0.25, 0.3) is 11.5 Å². The van der Waals surface area contributed by atoms with E-state index in [1.165, 1.54) is 37.8 Å². The largest absolute Gasteiger partial charge is 0.421 e. The molecule has 6 nitrogen and oxygen atoms in total. The smallest absolute Gasteiger partial charge is 0.247 e. The Labute approximate surface area is 155 Å². The molecule has 3 N–H and O–H groups in total. The molecule has 1 aliphatic heterocycles. The molecule has 2 heterocycles. The van der Waals surface area contributed by atoms with Crippen LogP contribution >= 0.6 is 0 Å². The fraction of sp³-hybridized carbons (Fsp3) is 0.600. The molecule has 0 radical (unpaired) electrons. The lowest BCUT2D eigenvalue weighted by Crippen LogP contribution is -2.55. The van der Waals surface area contributed by atoms with Gasteiger partial charge in [-0.05, 0) is 49.9 Å². The topological polar surface area (TPSA) is 80.2 Å². The third-order valence-corrected chi connectivity index (χ3v) is 5.70. The second kappa shape index (κ2) is 7.76. The molecule has 0 bridgehead atoms. The number of piperidine rings is 1. The van der Waals surface area contributed by atoms with Crippen LogP contribution in [0, 0.1) is 6.92 Å². The van der Waals surface area contributed by atoms with Gasteiger partial charge in [0.25, 0.3) is 0 Å². The third-order valence-electron chi connectivity index (χ3n) is 5.70. The summed E-state index contributed by atoms with van der Waals surface area (Å²) in [6.45, 7) is 3.96. The monoisotopic (exact) mass is 355 g/mol. The van der Waals surface area contributed by atoms with Gasteiger partial charge in [-0.3, -0.25) is 0 Å². The highest BCUT2D eigenvalue weighted by Gasteiger charge is 2.27. The molecule has 1 unspecified atom stereocenters. The number of rotatable bonds is 4. The second-order valence-corrected chi connectivity index (χ2v) is 7.68. The van der Waals surface area contributed by atoms with Crippen LogP contribution in [-0.2, 0) is 0 Å². The van der Waals surface area contributed by atoms with Gasteiger partial charge >= 0.3 is 0 Å². The van der Waals surface area contributed by atoms with Crippen molar-refractivity contribution in [3.63, 3.8) is 0 Å². The van der Waals surface area contributed by atoms with Crippen LogP contribution in [0.1, 0.15) is 44.4 Å². The van der Waals surface area contributed by atoms with Crippen molar-refractivity contribution in [2.24, 2.45) is 5.73 Å². The lowest BCUT2D eigenvalue weighted by molar-refractivity contribution is 0.282. The van der Waals surface area contributed by atoms with E-state index in [0.717, 1.165) is 25.1 Å². The van der Waals surface area contributed by atoms with E-state index in [9.17, 15) is 0 Å². The molecule has 140 valence electrons. The Morgan fingerprint density at radius 1 is 1.08 bits per heavy atom. The van der Waals surface area contributed by atoms with Crippen LogP contribution in [0.3, 0.4) is 0 Å². The molecule has 1 aromatic carbocycles. The predicted octanol–water partition coefficient (Wildman–Crippen LogP) is 2.87. The zero-order chi connectivity index (χ0) is 17.9. The van der Waals surface area contributed by atoms with E-state index in [4.69, 9.17) is 10.2 Å². The van der Waals surface area contributed by atoms with Gasteiger partial charge in [-0.15, -0.1) is 10.2 Å². The average Bonchev–Trinajstić information content (AvgIpc) is 3.10. The van der Waals surface area contributed by atoms with Gasteiger partial charge < -0.3 is 20.4 Å². The van der Waals surface area contributed by atoms with Crippen molar-refractivity contribution in [3.05, 3.63) is 30.2 Å². The number of anilines is 1. The number of nitrogens with one attached hydrogen (secondary N) is 1. The number of aromatic nitrogens is 2. The van der Waals surface area contributed by atoms with Crippen molar-refractivity contribution in [1.29, 1.82) is 0 Å². The molecule has 2 aliphatic rings. The maximum atomic E-state index is 6.32. The fourth-order valence-corrected chi connectivity index (χ4v) is 4.24. The molecule has 2 aromatic rings. The average molecular weight is 355 g/mol. The molecule has 1 aromatic heterocycles. The molecule has 2 fully saturated rings. The standard InChI is InChI=1S/C20H29N5O/c1-14-23-24-20(26-14)15-8-10-17(11-9-15)25-12-4-5-16(13-25)22-19-7-3-2-6-18(19)21/h8-11,16,18-19,22H,2-7,12-13,21H2,1H3/t16?,18-,19-/m1/s1. The lowest BCUT2D eigenvalue weighted by Gasteiger charge is -2.39. The van der Waals surface area contributed by atoms with Gasteiger partial charge in [0.1, 0.15) is 0 Å².